The maximum absolute atomic E-state index is 12.8. The Morgan fingerprint density at radius 2 is 1.25 bits per heavy atom. The van der Waals surface area contributed by atoms with Gasteiger partial charge < -0.3 is 0 Å². The lowest BCUT2D eigenvalue weighted by molar-refractivity contribution is 0.0441. The van der Waals surface area contributed by atoms with Crippen molar-refractivity contribution in [3.8, 4) is 0 Å². The molecule has 0 aromatic rings. The third kappa shape index (κ3) is 8.41. The van der Waals surface area contributed by atoms with Gasteiger partial charge in [0.25, 0.3) is 0 Å². The highest BCUT2D eigenvalue weighted by Crippen LogP contribution is 2.53. The van der Waals surface area contributed by atoms with Crippen LogP contribution in [0, 0.1) is 0 Å². The molecule has 0 saturated heterocycles. The molecule has 4 nitrogen and oxygen atoms in total. The van der Waals surface area contributed by atoms with Gasteiger partial charge in [0.1, 0.15) is 0 Å². The molecule has 0 aromatic carbocycles. The molecule has 2 unspecified atom stereocenters. The summed E-state index contributed by atoms with van der Waals surface area (Å²) in [5.74, 6) is 0. The van der Waals surface area contributed by atoms with Crippen molar-refractivity contribution in [1.29, 1.82) is 0 Å². The fraction of sp³-hybridized carbons (Fsp3) is 1.00. The summed E-state index contributed by atoms with van der Waals surface area (Å²) in [4.78, 5) is 0. The third-order valence-corrected chi connectivity index (χ3v) is 4.75. The van der Waals surface area contributed by atoms with Crippen LogP contribution in [0.2, 0.25) is 0 Å². The summed E-state index contributed by atoms with van der Waals surface area (Å²) in [6.07, 6.45) is 6.09. The van der Waals surface area contributed by atoms with Crippen LogP contribution in [0.4, 0.5) is 0 Å². The van der Waals surface area contributed by atoms with E-state index in [1.54, 1.807) is 0 Å². The van der Waals surface area contributed by atoms with Gasteiger partial charge in [-0.25, -0.2) is 4.57 Å². The molecule has 122 valence electrons. The van der Waals surface area contributed by atoms with Crippen LogP contribution in [-0.4, -0.2) is 18.8 Å². The molecule has 0 aliphatic carbocycles. The summed E-state index contributed by atoms with van der Waals surface area (Å²) in [5, 5.41) is 0. The Hall–Kier alpha value is 0.110. The molecule has 0 bridgehead atoms. The summed E-state index contributed by atoms with van der Waals surface area (Å²) < 4.78 is 29.7. The van der Waals surface area contributed by atoms with E-state index in [4.69, 9.17) is 13.6 Å². The van der Waals surface area contributed by atoms with Crippen molar-refractivity contribution in [2.24, 2.45) is 0 Å². The molecular formula is C15H33O4P. The first-order valence-corrected chi connectivity index (χ1v) is 9.62. The molecule has 0 fully saturated rings. The Labute approximate surface area is 125 Å². The molecule has 0 saturated carbocycles. The van der Waals surface area contributed by atoms with Crippen molar-refractivity contribution in [3.63, 3.8) is 0 Å². The van der Waals surface area contributed by atoms with E-state index < -0.39 is 7.82 Å². The van der Waals surface area contributed by atoms with E-state index in [1.165, 1.54) is 0 Å². The minimum atomic E-state index is -3.44. The van der Waals surface area contributed by atoms with E-state index >= 15 is 0 Å². The van der Waals surface area contributed by atoms with Crippen LogP contribution < -0.4 is 0 Å². The maximum atomic E-state index is 12.8. The van der Waals surface area contributed by atoms with Crippen LogP contribution in [0.1, 0.15) is 79.6 Å². The van der Waals surface area contributed by atoms with Crippen LogP contribution in [0.3, 0.4) is 0 Å². The van der Waals surface area contributed by atoms with Gasteiger partial charge in [0, 0.05) is 0 Å². The second kappa shape index (κ2) is 11.7. The predicted molar refractivity (Wildman–Crippen MR) is 84.0 cm³/mol. The van der Waals surface area contributed by atoms with Crippen molar-refractivity contribution in [2.45, 2.75) is 91.8 Å². The maximum Gasteiger partial charge on any atom is 0.475 e. The normalized spacial score (nSPS) is 17.6. The van der Waals surface area contributed by atoms with E-state index in [2.05, 4.69) is 13.8 Å². The molecule has 5 heteroatoms. The van der Waals surface area contributed by atoms with E-state index in [9.17, 15) is 4.57 Å². The second-order valence-electron chi connectivity index (χ2n) is 5.13. The molecule has 0 aliphatic heterocycles. The predicted octanol–water partition coefficient (Wildman–Crippen LogP) is 5.71. The topological polar surface area (TPSA) is 44.8 Å². The van der Waals surface area contributed by atoms with E-state index in [-0.39, 0.29) is 12.2 Å². The van der Waals surface area contributed by atoms with Gasteiger partial charge in [-0.15, -0.1) is 0 Å². The first-order chi connectivity index (χ1) is 9.55. The molecule has 0 aliphatic rings. The number of hydrogen-bond donors (Lipinski definition) is 0. The summed E-state index contributed by atoms with van der Waals surface area (Å²) in [5.41, 5.74) is 0. The van der Waals surface area contributed by atoms with Gasteiger partial charge in [-0.1, -0.05) is 47.5 Å². The van der Waals surface area contributed by atoms with Gasteiger partial charge in [-0.05, 0) is 32.1 Å². The fourth-order valence-corrected chi connectivity index (χ4v) is 3.78. The summed E-state index contributed by atoms with van der Waals surface area (Å²) in [6.45, 7) is 10.6. The average Bonchev–Trinajstić information content (AvgIpc) is 2.44. The first kappa shape index (κ1) is 20.1. The highest BCUT2D eigenvalue weighted by atomic mass is 31.2. The SMILES string of the molecule is CCCOP(=O)(OC(CC)CCC)OC(CC)CCC. The van der Waals surface area contributed by atoms with E-state index in [1.807, 2.05) is 20.8 Å². The minimum absolute atomic E-state index is 0.0539. The van der Waals surface area contributed by atoms with Crippen molar-refractivity contribution >= 4 is 7.82 Å². The van der Waals surface area contributed by atoms with Crippen molar-refractivity contribution < 1.29 is 18.1 Å². The van der Waals surface area contributed by atoms with Crippen LogP contribution >= 0.6 is 7.82 Å². The van der Waals surface area contributed by atoms with Crippen LogP contribution in [-0.2, 0) is 18.1 Å². The lowest BCUT2D eigenvalue weighted by atomic mass is 10.2. The number of phosphoric ester groups is 1. The number of rotatable bonds is 13. The van der Waals surface area contributed by atoms with Gasteiger partial charge in [-0.2, -0.15) is 0 Å². The van der Waals surface area contributed by atoms with Crippen LogP contribution in [0.5, 0.6) is 0 Å². The average molecular weight is 308 g/mol. The summed E-state index contributed by atoms with van der Waals surface area (Å²) in [6, 6.07) is 0. The summed E-state index contributed by atoms with van der Waals surface area (Å²) >= 11 is 0. The van der Waals surface area contributed by atoms with E-state index in [0.29, 0.717) is 6.61 Å². The molecular weight excluding hydrogens is 275 g/mol. The van der Waals surface area contributed by atoms with Crippen LogP contribution in [0.15, 0.2) is 0 Å². The minimum Gasteiger partial charge on any atom is -0.287 e. The highest BCUT2D eigenvalue weighted by Gasteiger charge is 2.32. The Kier molecular flexibility index (Phi) is 11.8. The molecule has 2 atom stereocenters. The standard InChI is InChI=1S/C15H33O4P/c1-6-11-14(9-4)18-20(16,17-13-8-3)19-15(10-5)12-7-2/h14-15H,6-13H2,1-5H3. The first-order valence-electron chi connectivity index (χ1n) is 8.16. The molecule has 0 spiro atoms. The monoisotopic (exact) mass is 308 g/mol. The number of hydrogen-bond acceptors (Lipinski definition) is 4. The van der Waals surface area contributed by atoms with Gasteiger partial charge in [0.05, 0.1) is 18.8 Å². The second-order valence-corrected chi connectivity index (χ2v) is 6.70. The Balaban J connectivity index is 4.74. The molecule has 0 radical (unpaired) electrons. The van der Waals surface area contributed by atoms with Crippen molar-refractivity contribution in [2.75, 3.05) is 6.61 Å². The molecule has 0 rings (SSSR count). The van der Waals surface area contributed by atoms with Crippen LogP contribution in [0.25, 0.3) is 0 Å². The highest BCUT2D eigenvalue weighted by molar-refractivity contribution is 7.48. The van der Waals surface area contributed by atoms with Crippen molar-refractivity contribution in [1.82, 2.24) is 0 Å². The molecule has 0 amide bonds. The Morgan fingerprint density at radius 1 is 0.800 bits per heavy atom. The molecule has 0 aromatic heterocycles. The van der Waals surface area contributed by atoms with Crippen molar-refractivity contribution in [3.05, 3.63) is 0 Å². The van der Waals surface area contributed by atoms with Gasteiger partial charge >= 0.3 is 7.82 Å². The number of phosphoric acid groups is 1. The Morgan fingerprint density at radius 3 is 1.55 bits per heavy atom. The largest absolute Gasteiger partial charge is 0.475 e. The van der Waals surface area contributed by atoms with Gasteiger partial charge in [0.2, 0.25) is 0 Å². The van der Waals surface area contributed by atoms with Gasteiger partial charge in [0.15, 0.2) is 0 Å². The Bertz CT molecular complexity index is 251. The van der Waals surface area contributed by atoms with Gasteiger partial charge in [-0.3, -0.25) is 13.6 Å². The molecule has 20 heavy (non-hydrogen) atoms. The third-order valence-electron chi connectivity index (χ3n) is 3.14. The lowest BCUT2D eigenvalue weighted by Gasteiger charge is -2.26. The zero-order chi connectivity index (χ0) is 15.4. The smallest absolute Gasteiger partial charge is 0.287 e. The fourth-order valence-electron chi connectivity index (χ4n) is 1.96. The molecule has 0 N–H and O–H groups in total. The zero-order valence-electron chi connectivity index (χ0n) is 13.9. The quantitative estimate of drug-likeness (QED) is 0.409. The lowest BCUT2D eigenvalue weighted by Crippen LogP contribution is -2.17. The van der Waals surface area contributed by atoms with E-state index in [0.717, 1.165) is 44.9 Å². The zero-order valence-corrected chi connectivity index (χ0v) is 14.8. The summed E-state index contributed by atoms with van der Waals surface area (Å²) in [7, 11) is -3.44. The molecule has 0 heterocycles.